The van der Waals surface area contributed by atoms with Crippen molar-refractivity contribution >= 4 is 0 Å². The number of nitrogens with one attached hydrogen (secondary N) is 1. The molecule has 2 saturated carbocycles. The van der Waals surface area contributed by atoms with Crippen LogP contribution in [0.1, 0.15) is 38.5 Å². The first-order valence-electron chi connectivity index (χ1n) is 5.66. The number of aliphatic hydroxyl groups is 1. The topological polar surface area (TPSA) is 32.3 Å². The van der Waals surface area contributed by atoms with Crippen molar-refractivity contribution in [2.75, 3.05) is 19.7 Å². The predicted molar refractivity (Wildman–Crippen MR) is 53.6 cm³/mol. The van der Waals surface area contributed by atoms with Crippen LogP contribution in [0.3, 0.4) is 0 Å². The molecule has 0 amide bonds. The monoisotopic (exact) mass is 183 g/mol. The Morgan fingerprint density at radius 2 is 2.00 bits per heavy atom. The molecule has 2 heteroatoms. The van der Waals surface area contributed by atoms with Crippen LogP contribution in [0.5, 0.6) is 0 Å². The van der Waals surface area contributed by atoms with E-state index < -0.39 is 0 Å². The van der Waals surface area contributed by atoms with E-state index in [9.17, 15) is 5.11 Å². The molecule has 13 heavy (non-hydrogen) atoms. The zero-order valence-corrected chi connectivity index (χ0v) is 8.39. The van der Waals surface area contributed by atoms with Gasteiger partial charge in [0.05, 0.1) is 0 Å². The van der Waals surface area contributed by atoms with Crippen molar-refractivity contribution in [2.24, 2.45) is 11.3 Å². The van der Waals surface area contributed by atoms with Crippen molar-refractivity contribution in [3.8, 4) is 0 Å². The van der Waals surface area contributed by atoms with Crippen molar-refractivity contribution in [3.63, 3.8) is 0 Å². The minimum Gasteiger partial charge on any atom is -0.396 e. The van der Waals surface area contributed by atoms with E-state index in [0.29, 0.717) is 6.61 Å². The van der Waals surface area contributed by atoms with Crippen LogP contribution < -0.4 is 5.32 Å². The summed E-state index contributed by atoms with van der Waals surface area (Å²) in [4.78, 5) is 0. The zero-order chi connectivity index (χ0) is 9.15. The first-order valence-corrected chi connectivity index (χ1v) is 5.66. The minimum absolute atomic E-state index is 0.268. The molecule has 2 N–H and O–H groups in total. The number of aliphatic hydroxyl groups excluding tert-OH is 1. The van der Waals surface area contributed by atoms with Crippen LogP contribution in [0.4, 0.5) is 0 Å². The highest BCUT2D eigenvalue weighted by atomic mass is 16.3. The molecular formula is C11H21NO. The lowest BCUT2D eigenvalue weighted by atomic mass is 9.69. The van der Waals surface area contributed by atoms with E-state index in [2.05, 4.69) is 5.32 Å². The summed E-state index contributed by atoms with van der Waals surface area (Å²) in [6.07, 6.45) is 8.02. The standard InChI is InChI=1S/C11H21NO/c13-9-11(5-2-6-11)8-12-7-10-3-1-4-10/h10,12-13H,1-9H2. The van der Waals surface area contributed by atoms with Gasteiger partial charge in [-0.05, 0) is 38.1 Å². The summed E-state index contributed by atoms with van der Waals surface area (Å²) in [5.41, 5.74) is 0.268. The Labute approximate surface area is 80.7 Å². The van der Waals surface area contributed by atoms with Crippen LogP contribution in [0.2, 0.25) is 0 Å². The first-order chi connectivity index (χ1) is 6.35. The molecular weight excluding hydrogens is 162 g/mol. The SMILES string of the molecule is OCC1(CNCC2CCC2)CCC1. The average molecular weight is 183 g/mol. The van der Waals surface area contributed by atoms with E-state index >= 15 is 0 Å². The predicted octanol–water partition coefficient (Wildman–Crippen LogP) is 1.54. The van der Waals surface area contributed by atoms with Gasteiger partial charge in [-0.2, -0.15) is 0 Å². The maximum Gasteiger partial charge on any atom is 0.0499 e. The van der Waals surface area contributed by atoms with E-state index in [-0.39, 0.29) is 5.41 Å². The summed E-state index contributed by atoms with van der Waals surface area (Å²) < 4.78 is 0. The summed E-state index contributed by atoms with van der Waals surface area (Å²) >= 11 is 0. The van der Waals surface area contributed by atoms with Crippen LogP contribution in [-0.2, 0) is 0 Å². The van der Waals surface area contributed by atoms with Gasteiger partial charge >= 0.3 is 0 Å². The fraction of sp³-hybridized carbons (Fsp3) is 1.00. The molecule has 0 aliphatic heterocycles. The molecule has 0 saturated heterocycles. The summed E-state index contributed by atoms with van der Waals surface area (Å²) in [6, 6.07) is 0. The van der Waals surface area contributed by atoms with Crippen LogP contribution in [0.25, 0.3) is 0 Å². The Kier molecular flexibility index (Phi) is 2.89. The molecule has 0 aromatic carbocycles. The molecule has 0 spiro atoms. The summed E-state index contributed by atoms with van der Waals surface area (Å²) in [7, 11) is 0. The van der Waals surface area contributed by atoms with Crippen molar-refractivity contribution < 1.29 is 5.11 Å². The van der Waals surface area contributed by atoms with E-state index in [1.54, 1.807) is 0 Å². The van der Waals surface area contributed by atoms with Crippen LogP contribution >= 0.6 is 0 Å². The zero-order valence-electron chi connectivity index (χ0n) is 8.39. The van der Waals surface area contributed by atoms with Crippen molar-refractivity contribution in [2.45, 2.75) is 38.5 Å². The molecule has 0 atom stereocenters. The number of hydrogen-bond donors (Lipinski definition) is 2. The fourth-order valence-corrected chi connectivity index (χ4v) is 2.31. The Bertz CT molecular complexity index is 156. The molecule has 0 bridgehead atoms. The Morgan fingerprint density at radius 3 is 2.38 bits per heavy atom. The highest BCUT2D eigenvalue weighted by Crippen LogP contribution is 2.39. The molecule has 2 rings (SSSR count). The van der Waals surface area contributed by atoms with E-state index in [4.69, 9.17) is 0 Å². The van der Waals surface area contributed by atoms with Crippen LogP contribution in [-0.4, -0.2) is 24.8 Å². The van der Waals surface area contributed by atoms with E-state index in [1.165, 1.54) is 45.1 Å². The summed E-state index contributed by atoms with van der Waals surface area (Å²) in [5.74, 6) is 0.941. The van der Waals surface area contributed by atoms with E-state index in [0.717, 1.165) is 12.5 Å². The third kappa shape index (κ3) is 2.05. The lowest BCUT2D eigenvalue weighted by molar-refractivity contribution is 0.0429. The Morgan fingerprint density at radius 1 is 1.23 bits per heavy atom. The summed E-state index contributed by atoms with van der Waals surface area (Å²) in [5, 5.41) is 12.8. The van der Waals surface area contributed by atoms with Crippen molar-refractivity contribution in [1.29, 1.82) is 0 Å². The lowest BCUT2D eigenvalue weighted by Crippen LogP contribution is -2.44. The molecule has 0 heterocycles. The van der Waals surface area contributed by atoms with Gasteiger partial charge in [0, 0.05) is 18.6 Å². The smallest absolute Gasteiger partial charge is 0.0499 e. The Balaban J connectivity index is 1.60. The molecule has 2 nitrogen and oxygen atoms in total. The molecule has 0 aromatic heterocycles. The highest BCUT2D eigenvalue weighted by Gasteiger charge is 2.35. The van der Waals surface area contributed by atoms with Gasteiger partial charge in [-0.25, -0.2) is 0 Å². The van der Waals surface area contributed by atoms with Gasteiger partial charge in [0.1, 0.15) is 0 Å². The van der Waals surface area contributed by atoms with Crippen LogP contribution in [0, 0.1) is 11.3 Å². The van der Waals surface area contributed by atoms with Gasteiger partial charge in [0.2, 0.25) is 0 Å². The fourth-order valence-electron chi connectivity index (χ4n) is 2.31. The Hall–Kier alpha value is -0.0800. The molecule has 2 aliphatic carbocycles. The van der Waals surface area contributed by atoms with Gasteiger partial charge in [0.15, 0.2) is 0 Å². The highest BCUT2D eigenvalue weighted by molar-refractivity contribution is 4.89. The van der Waals surface area contributed by atoms with E-state index in [1.807, 2.05) is 0 Å². The van der Waals surface area contributed by atoms with Gasteiger partial charge in [-0.1, -0.05) is 12.8 Å². The summed E-state index contributed by atoms with van der Waals surface area (Å²) in [6.45, 7) is 2.60. The quantitative estimate of drug-likeness (QED) is 0.677. The molecule has 76 valence electrons. The lowest BCUT2D eigenvalue weighted by Gasteiger charge is -2.41. The second-order valence-electron chi connectivity index (χ2n) is 4.94. The minimum atomic E-state index is 0.268. The molecule has 2 fully saturated rings. The second-order valence-corrected chi connectivity index (χ2v) is 4.94. The average Bonchev–Trinajstić information content (AvgIpc) is 1.99. The number of hydrogen-bond acceptors (Lipinski definition) is 2. The van der Waals surface area contributed by atoms with Gasteiger partial charge in [-0.3, -0.25) is 0 Å². The third-order valence-electron chi connectivity index (χ3n) is 3.91. The normalized spacial score (nSPS) is 26.5. The van der Waals surface area contributed by atoms with Crippen molar-refractivity contribution in [3.05, 3.63) is 0 Å². The van der Waals surface area contributed by atoms with Gasteiger partial charge in [0.25, 0.3) is 0 Å². The largest absolute Gasteiger partial charge is 0.396 e. The maximum atomic E-state index is 9.23. The molecule has 0 aromatic rings. The van der Waals surface area contributed by atoms with Gasteiger partial charge < -0.3 is 10.4 Å². The van der Waals surface area contributed by atoms with Crippen LogP contribution in [0.15, 0.2) is 0 Å². The molecule has 0 unspecified atom stereocenters. The molecule has 0 radical (unpaired) electrons. The first kappa shape index (κ1) is 9.47. The van der Waals surface area contributed by atoms with Crippen molar-refractivity contribution in [1.82, 2.24) is 5.32 Å². The third-order valence-corrected chi connectivity index (χ3v) is 3.91. The molecule has 2 aliphatic rings. The van der Waals surface area contributed by atoms with Gasteiger partial charge in [-0.15, -0.1) is 0 Å². The second kappa shape index (κ2) is 3.97. The number of rotatable bonds is 5. The maximum absolute atomic E-state index is 9.23.